The zero-order valence-electron chi connectivity index (χ0n) is 11.0. The summed E-state index contributed by atoms with van der Waals surface area (Å²) in [5.41, 5.74) is 6.38. The summed E-state index contributed by atoms with van der Waals surface area (Å²) < 4.78 is 19.6. The molecular formula is C15H22FNO. The average Bonchev–Trinajstić information content (AvgIpc) is 2.42. The Morgan fingerprint density at radius 3 is 2.61 bits per heavy atom. The van der Waals surface area contributed by atoms with Crippen molar-refractivity contribution in [2.75, 3.05) is 0 Å². The van der Waals surface area contributed by atoms with Crippen LogP contribution in [-0.4, -0.2) is 6.10 Å². The van der Waals surface area contributed by atoms with Crippen LogP contribution in [0.1, 0.15) is 44.6 Å². The quantitative estimate of drug-likeness (QED) is 0.886. The maximum absolute atomic E-state index is 13.8. The van der Waals surface area contributed by atoms with Crippen LogP contribution >= 0.6 is 0 Å². The third kappa shape index (κ3) is 3.02. The first kappa shape index (κ1) is 13.3. The molecule has 3 heteroatoms. The third-order valence-electron chi connectivity index (χ3n) is 3.92. The average molecular weight is 251 g/mol. The highest BCUT2D eigenvalue weighted by atomic mass is 19.1. The van der Waals surface area contributed by atoms with Gasteiger partial charge in [-0.25, -0.2) is 4.39 Å². The summed E-state index contributed by atoms with van der Waals surface area (Å²) in [6, 6.07) is 4.95. The van der Waals surface area contributed by atoms with Crippen LogP contribution in [0.25, 0.3) is 0 Å². The van der Waals surface area contributed by atoms with Gasteiger partial charge in [0.1, 0.15) is 0 Å². The van der Waals surface area contributed by atoms with Gasteiger partial charge in [0.15, 0.2) is 11.6 Å². The predicted molar refractivity (Wildman–Crippen MR) is 71.0 cm³/mol. The molecule has 0 atom stereocenters. The van der Waals surface area contributed by atoms with E-state index in [9.17, 15) is 4.39 Å². The zero-order chi connectivity index (χ0) is 13.0. The minimum Gasteiger partial charge on any atom is -0.487 e. The molecule has 2 rings (SSSR count). The maximum atomic E-state index is 13.8. The molecule has 2 N–H and O–H groups in total. The summed E-state index contributed by atoms with van der Waals surface area (Å²) >= 11 is 0. The van der Waals surface area contributed by atoms with Crippen LogP contribution in [0.5, 0.6) is 5.75 Å². The second-order valence-corrected chi connectivity index (χ2v) is 5.10. The Labute approximate surface area is 108 Å². The van der Waals surface area contributed by atoms with E-state index < -0.39 is 0 Å². The van der Waals surface area contributed by atoms with Gasteiger partial charge in [0, 0.05) is 12.1 Å². The lowest BCUT2D eigenvalue weighted by atomic mass is 9.86. The van der Waals surface area contributed by atoms with Gasteiger partial charge >= 0.3 is 0 Å². The van der Waals surface area contributed by atoms with Gasteiger partial charge in [-0.2, -0.15) is 0 Å². The Hall–Kier alpha value is -1.09. The molecule has 0 aliphatic heterocycles. The summed E-state index contributed by atoms with van der Waals surface area (Å²) in [6.45, 7) is 2.55. The fourth-order valence-corrected chi connectivity index (χ4v) is 2.67. The van der Waals surface area contributed by atoms with Crippen molar-refractivity contribution in [2.24, 2.45) is 11.7 Å². The normalized spacial score (nSPS) is 23.9. The van der Waals surface area contributed by atoms with E-state index in [1.807, 2.05) is 6.07 Å². The second kappa shape index (κ2) is 6.19. The number of nitrogens with two attached hydrogens (primary N) is 1. The molecule has 0 saturated heterocycles. The van der Waals surface area contributed by atoms with E-state index in [-0.39, 0.29) is 11.9 Å². The number of hydrogen-bond acceptors (Lipinski definition) is 2. The maximum Gasteiger partial charge on any atom is 0.165 e. The summed E-state index contributed by atoms with van der Waals surface area (Å²) in [7, 11) is 0. The molecule has 0 amide bonds. The standard InChI is InChI=1S/C15H22FNO/c1-2-11-6-8-13(9-7-11)18-15-12(10-17)4-3-5-14(15)16/h3-5,11,13H,2,6-10,17H2,1H3. The summed E-state index contributed by atoms with van der Waals surface area (Å²) in [5.74, 6) is 0.884. The fraction of sp³-hybridized carbons (Fsp3) is 0.600. The Bertz CT molecular complexity index is 386. The van der Waals surface area contributed by atoms with Gasteiger partial charge in [-0.05, 0) is 37.7 Å². The predicted octanol–water partition coefficient (Wildman–Crippen LogP) is 3.63. The van der Waals surface area contributed by atoms with Gasteiger partial charge in [0.2, 0.25) is 0 Å². The molecule has 1 aliphatic rings. The molecule has 100 valence electrons. The monoisotopic (exact) mass is 251 g/mol. The molecular weight excluding hydrogens is 229 g/mol. The van der Waals surface area contributed by atoms with Crippen LogP contribution in [0.15, 0.2) is 18.2 Å². The lowest BCUT2D eigenvalue weighted by Gasteiger charge is -2.29. The number of benzene rings is 1. The van der Waals surface area contributed by atoms with Crippen LogP contribution in [0.2, 0.25) is 0 Å². The van der Waals surface area contributed by atoms with Gasteiger partial charge in [-0.1, -0.05) is 25.5 Å². The molecule has 0 bridgehead atoms. The van der Waals surface area contributed by atoms with Crippen molar-refractivity contribution in [1.82, 2.24) is 0 Å². The van der Waals surface area contributed by atoms with Crippen molar-refractivity contribution in [2.45, 2.75) is 51.7 Å². The Morgan fingerprint density at radius 2 is 2.00 bits per heavy atom. The number of halogens is 1. The smallest absolute Gasteiger partial charge is 0.165 e. The molecule has 0 unspecified atom stereocenters. The van der Waals surface area contributed by atoms with Crippen molar-refractivity contribution in [3.8, 4) is 5.75 Å². The van der Waals surface area contributed by atoms with Crippen molar-refractivity contribution in [1.29, 1.82) is 0 Å². The van der Waals surface area contributed by atoms with Crippen LogP contribution in [0.4, 0.5) is 4.39 Å². The van der Waals surface area contributed by atoms with Crippen LogP contribution < -0.4 is 10.5 Å². The van der Waals surface area contributed by atoms with Crippen molar-refractivity contribution < 1.29 is 9.13 Å². The highest BCUT2D eigenvalue weighted by molar-refractivity contribution is 5.35. The van der Waals surface area contributed by atoms with Crippen LogP contribution in [0, 0.1) is 11.7 Å². The first-order chi connectivity index (χ1) is 8.74. The van der Waals surface area contributed by atoms with E-state index in [2.05, 4.69) is 6.92 Å². The summed E-state index contributed by atoms with van der Waals surface area (Å²) in [5, 5.41) is 0. The zero-order valence-corrected chi connectivity index (χ0v) is 11.0. The Morgan fingerprint density at radius 1 is 1.28 bits per heavy atom. The van der Waals surface area contributed by atoms with E-state index in [0.717, 1.165) is 24.3 Å². The van der Waals surface area contributed by atoms with E-state index in [0.29, 0.717) is 12.3 Å². The SMILES string of the molecule is CCC1CCC(Oc2c(F)cccc2CN)CC1. The van der Waals surface area contributed by atoms with Gasteiger partial charge in [0.25, 0.3) is 0 Å². The number of hydrogen-bond donors (Lipinski definition) is 1. The molecule has 0 spiro atoms. The molecule has 18 heavy (non-hydrogen) atoms. The highest BCUT2D eigenvalue weighted by Crippen LogP contribution is 2.31. The highest BCUT2D eigenvalue weighted by Gasteiger charge is 2.22. The van der Waals surface area contributed by atoms with Gasteiger partial charge in [0.05, 0.1) is 6.10 Å². The van der Waals surface area contributed by atoms with Gasteiger partial charge < -0.3 is 10.5 Å². The Balaban J connectivity index is 2.02. The summed E-state index contributed by atoms with van der Waals surface area (Å²) in [6.07, 6.45) is 5.81. The summed E-state index contributed by atoms with van der Waals surface area (Å²) in [4.78, 5) is 0. The Kier molecular flexibility index (Phi) is 4.59. The number of para-hydroxylation sites is 1. The van der Waals surface area contributed by atoms with Crippen LogP contribution in [-0.2, 0) is 6.54 Å². The number of rotatable bonds is 4. The lowest BCUT2D eigenvalue weighted by molar-refractivity contribution is 0.124. The van der Waals surface area contributed by atoms with Crippen molar-refractivity contribution in [3.05, 3.63) is 29.6 Å². The minimum absolute atomic E-state index is 0.148. The van der Waals surface area contributed by atoms with E-state index >= 15 is 0 Å². The molecule has 0 heterocycles. The van der Waals surface area contributed by atoms with Crippen molar-refractivity contribution >= 4 is 0 Å². The minimum atomic E-state index is -0.296. The second-order valence-electron chi connectivity index (χ2n) is 5.10. The molecule has 1 saturated carbocycles. The molecule has 1 aromatic carbocycles. The first-order valence-electron chi connectivity index (χ1n) is 6.88. The lowest BCUT2D eigenvalue weighted by Crippen LogP contribution is -2.25. The number of ether oxygens (including phenoxy) is 1. The molecule has 2 nitrogen and oxygen atoms in total. The van der Waals surface area contributed by atoms with Crippen molar-refractivity contribution in [3.63, 3.8) is 0 Å². The molecule has 1 aromatic rings. The topological polar surface area (TPSA) is 35.2 Å². The molecule has 0 aromatic heterocycles. The molecule has 0 radical (unpaired) electrons. The molecule has 1 fully saturated rings. The fourth-order valence-electron chi connectivity index (χ4n) is 2.67. The largest absolute Gasteiger partial charge is 0.487 e. The third-order valence-corrected chi connectivity index (χ3v) is 3.92. The van der Waals surface area contributed by atoms with E-state index in [1.165, 1.54) is 25.3 Å². The van der Waals surface area contributed by atoms with E-state index in [4.69, 9.17) is 10.5 Å². The van der Waals surface area contributed by atoms with E-state index in [1.54, 1.807) is 6.07 Å². The van der Waals surface area contributed by atoms with Gasteiger partial charge in [-0.3, -0.25) is 0 Å². The van der Waals surface area contributed by atoms with Crippen LogP contribution in [0.3, 0.4) is 0 Å². The van der Waals surface area contributed by atoms with Gasteiger partial charge in [-0.15, -0.1) is 0 Å². The first-order valence-corrected chi connectivity index (χ1v) is 6.88. The molecule has 1 aliphatic carbocycles.